The molecule has 3 heterocycles. The number of nitrogens with zero attached hydrogens (tertiary/aromatic N) is 6. The molecule has 9 nitrogen and oxygen atoms in total. The topological polar surface area (TPSA) is 92.2 Å². The molecule has 2 aromatic heterocycles. The molecule has 9 heteroatoms. The van der Waals surface area contributed by atoms with Gasteiger partial charge in [-0.25, -0.2) is 4.68 Å². The van der Waals surface area contributed by atoms with E-state index < -0.39 is 0 Å². The maximum absolute atomic E-state index is 13.5. The number of aromatic amines is 1. The Kier molecular flexibility index (Phi) is 6.72. The highest BCUT2D eigenvalue weighted by Crippen LogP contribution is 2.33. The molecule has 1 N–H and O–H groups in total. The minimum Gasteiger partial charge on any atom is -0.495 e. The van der Waals surface area contributed by atoms with E-state index in [1.165, 1.54) is 5.56 Å². The zero-order chi connectivity index (χ0) is 26.2. The van der Waals surface area contributed by atoms with Gasteiger partial charge in [-0.2, -0.15) is 0 Å². The number of aryl methyl sites for hydroxylation is 1. The lowest BCUT2D eigenvalue weighted by molar-refractivity contribution is 0.190. The number of H-pyrrole nitrogens is 1. The van der Waals surface area contributed by atoms with Crippen LogP contribution in [0.5, 0.6) is 5.75 Å². The third-order valence-electron chi connectivity index (χ3n) is 7.12. The molecule has 0 unspecified atom stereocenters. The van der Waals surface area contributed by atoms with Crippen molar-refractivity contribution in [2.75, 3.05) is 38.2 Å². The van der Waals surface area contributed by atoms with Crippen molar-refractivity contribution in [3.63, 3.8) is 0 Å². The average Bonchev–Trinajstić information content (AvgIpc) is 3.39. The van der Waals surface area contributed by atoms with Crippen molar-refractivity contribution in [2.45, 2.75) is 45.7 Å². The lowest BCUT2D eigenvalue weighted by atomic mass is 10.00. The molecule has 5 rings (SSSR count). The summed E-state index contributed by atoms with van der Waals surface area (Å²) >= 11 is 0. The first-order valence-electron chi connectivity index (χ1n) is 12.9. The minimum atomic E-state index is -0.382. The van der Waals surface area contributed by atoms with Gasteiger partial charge in [-0.3, -0.25) is 9.69 Å². The van der Waals surface area contributed by atoms with Crippen molar-refractivity contribution >= 4 is 16.6 Å². The molecule has 0 saturated carbocycles. The average molecular weight is 502 g/mol. The fourth-order valence-electron chi connectivity index (χ4n) is 5.15. The Balaban J connectivity index is 1.56. The lowest BCUT2D eigenvalue weighted by Gasteiger charge is -2.40. The van der Waals surface area contributed by atoms with Crippen molar-refractivity contribution in [1.29, 1.82) is 0 Å². The maximum Gasteiger partial charge on any atom is 0.253 e. The Morgan fingerprint density at radius 3 is 2.51 bits per heavy atom. The number of benzene rings is 2. The second kappa shape index (κ2) is 9.97. The first kappa shape index (κ1) is 25.0. The Bertz CT molecular complexity index is 1440. The third kappa shape index (κ3) is 4.83. The van der Waals surface area contributed by atoms with Crippen LogP contribution in [0, 0.1) is 0 Å². The summed E-state index contributed by atoms with van der Waals surface area (Å²) in [5, 5.41) is 13.8. The Morgan fingerprint density at radius 2 is 1.81 bits per heavy atom. The number of fused-ring (bicyclic) bond motifs is 1. The number of anilines is 1. The number of hydrogen-bond acceptors (Lipinski definition) is 7. The zero-order valence-corrected chi connectivity index (χ0v) is 22.2. The number of nitrogens with one attached hydrogen (secondary N) is 1. The molecule has 194 valence electrons. The third-order valence-corrected chi connectivity index (χ3v) is 7.12. The van der Waals surface area contributed by atoms with E-state index in [2.05, 4.69) is 76.2 Å². The van der Waals surface area contributed by atoms with Crippen molar-refractivity contribution in [3.05, 3.63) is 75.8 Å². The molecule has 0 radical (unpaired) electrons. The summed E-state index contributed by atoms with van der Waals surface area (Å²) < 4.78 is 7.44. The molecule has 1 atom stereocenters. The van der Waals surface area contributed by atoms with Crippen LogP contribution in [0.1, 0.15) is 50.7 Å². The quantitative estimate of drug-likeness (QED) is 0.430. The van der Waals surface area contributed by atoms with Gasteiger partial charge in [0, 0.05) is 37.3 Å². The summed E-state index contributed by atoms with van der Waals surface area (Å²) in [6.07, 6.45) is 0.932. The second-order valence-electron chi connectivity index (χ2n) is 10.5. The highest BCUT2D eigenvalue weighted by atomic mass is 16.5. The van der Waals surface area contributed by atoms with Gasteiger partial charge in [-0.1, -0.05) is 25.1 Å². The van der Waals surface area contributed by atoms with Crippen LogP contribution >= 0.6 is 0 Å². The van der Waals surface area contributed by atoms with Crippen molar-refractivity contribution in [1.82, 2.24) is 30.1 Å². The molecule has 0 aliphatic carbocycles. The summed E-state index contributed by atoms with van der Waals surface area (Å²) in [5.41, 5.74) is 3.35. The lowest BCUT2D eigenvalue weighted by Crippen LogP contribution is -2.49. The molecule has 1 fully saturated rings. The summed E-state index contributed by atoms with van der Waals surface area (Å²) in [7, 11) is 1.70. The van der Waals surface area contributed by atoms with Crippen LogP contribution in [0.15, 0.2) is 53.3 Å². The second-order valence-corrected chi connectivity index (χ2v) is 10.5. The van der Waals surface area contributed by atoms with Crippen LogP contribution in [-0.4, -0.2) is 63.4 Å². The first-order valence-corrected chi connectivity index (χ1v) is 12.9. The van der Waals surface area contributed by atoms with Gasteiger partial charge >= 0.3 is 0 Å². The standard InChI is InChI=1S/C28H35N7O2/c1-6-19-11-12-22-20(17-19)18-21(27(36)29-22)25(26-30-31-32-35(26)28(2,3)4)34-15-13-33(14-16-34)23-9-7-8-10-24(23)37-5/h7-12,17-18,25H,6,13-16H2,1-5H3,(H,29,36)/t25-/m1/s1. The van der Waals surface area contributed by atoms with Gasteiger partial charge < -0.3 is 14.6 Å². The van der Waals surface area contributed by atoms with Crippen LogP contribution in [-0.2, 0) is 12.0 Å². The molecule has 37 heavy (non-hydrogen) atoms. The zero-order valence-electron chi connectivity index (χ0n) is 22.2. The van der Waals surface area contributed by atoms with Gasteiger partial charge in [0.15, 0.2) is 5.82 Å². The molecular formula is C28H35N7O2. The fourth-order valence-corrected chi connectivity index (χ4v) is 5.15. The number of aromatic nitrogens is 5. The number of ether oxygens (including phenoxy) is 1. The molecule has 0 bridgehead atoms. The number of rotatable bonds is 6. The monoisotopic (exact) mass is 501 g/mol. The number of methoxy groups -OCH3 is 1. The highest BCUT2D eigenvalue weighted by molar-refractivity contribution is 5.80. The minimum absolute atomic E-state index is 0.114. The van der Waals surface area contributed by atoms with E-state index >= 15 is 0 Å². The van der Waals surface area contributed by atoms with Crippen molar-refractivity contribution in [3.8, 4) is 5.75 Å². The summed E-state index contributed by atoms with van der Waals surface area (Å²) in [6, 6.07) is 15.9. The molecule has 4 aromatic rings. The van der Waals surface area contributed by atoms with Crippen LogP contribution in [0.4, 0.5) is 5.69 Å². The van der Waals surface area contributed by atoms with E-state index in [0.29, 0.717) is 11.4 Å². The number of para-hydroxylation sites is 2. The molecule has 0 spiro atoms. The predicted molar refractivity (Wildman–Crippen MR) is 145 cm³/mol. The van der Waals surface area contributed by atoms with Gasteiger partial charge in [-0.15, -0.1) is 5.10 Å². The number of tetrazole rings is 1. The molecule has 0 amide bonds. The van der Waals surface area contributed by atoms with Crippen LogP contribution in [0.25, 0.3) is 10.9 Å². The number of hydrogen-bond donors (Lipinski definition) is 1. The highest BCUT2D eigenvalue weighted by Gasteiger charge is 2.35. The van der Waals surface area contributed by atoms with E-state index in [1.54, 1.807) is 7.11 Å². The predicted octanol–water partition coefficient (Wildman–Crippen LogP) is 3.75. The van der Waals surface area contributed by atoms with Crippen LogP contribution < -0.4 is 15.2 Å². The fraction of sp³-hybridized carbons (Fsp3) is 0.429. The van der Waals surface area contributed by atoms with Gasteiger partial charge in [-0.05, 0) is 78.9 Å². The maximum atomic E-state index is 13.5. The number of pyridine rings is 1. The normalized spacial score (nSPS) is 15.8. The van der Waals surface area contributed by atoms with Crippen LogP contribution in [0.3, 0.4) is 0 Å². The largest absolute Gasteiger partial charge is 0.495 e. The smallest absolute Gasteiger partial charge is 0.253 e. The van der Waals surface area contributed by atoms with Gasteiger partial charge in [0.05, 0.1) is 18.3 Å². The van der Waals surface area contributed by atoms with Crippen LogP contribution in [0.2, 0.25) is 0 Å². The SMILES string of the molecule is CCc1ccc2[nH]c(=O)c([C@H](c3nnnn3C(C)(C)C)N3CCN(c4ccccc4OC)CC3)cc2c1. The molecular weight excluding hydrogens is 466 g/mol. The Hall–Kier alpha value is -3.72. The van der Waals surface area contributed by atoms with E-state index in [4.69, 9.17) is 4.74 Å². The van der Waals surface area contributed by atoms with Crippen molar-refractivity contribution in [2.24, 2.45) is 0 Å². The van der Waals surface area contributed by atoms with Gasteiger partial charge in [0.25, 0.3) is 5.56 Å². The van der Waals surface area contributed by atoms with E-state index in [1.807, 2.05) is 35.0 Å². The number of piperazine rings is 1. The van der Waals surface area contributed by atoms with E-state index in [9.17, 15) is 4.79 Å². The Morgan fingerprint density at radius 1 is 1.05 bits per heavy atom. The molecule has 1 aliphatic rings. The van der Waals surface area contributed by atoms with E-state index in [-0.39, 0.29) is 17.1 Å². The van der Waals surface area contributed by atoms with Gasteiger partial charge in [0.2, 0.25) is 0 Å². The Labute approximate surface area is 217 Å². The summed E-state index contributed by atoms with van der Waals surface area (Å²) in [6.45, 7) is 11.4. The van der Waals surface area contributed by atoms with Gasteiger partial charge in [0.1, 0.15) is 11.8 Å². The summed E-state index contributed by atoms with van der Waals surface area (Å²) in [4.78, 5) is 21.3. The molecule has 1 aliphatic heterocycles. The van der Waals surface area contributed by atoms with Crippen molar-refractivity contribution < 1.29 is 4.74 Å². The molecule has 1 saturated heterocycles. The molecule has 2 aromatic carbocycles. The first-order chi connectivity index (χ1) is 17.8. The van der Waals surface area contributed by atoms with E-state index in [0.717, 1.165) is 54.9 Å². The summed E-state index contributed by atoms with van der Waals surface area (Å²) in [5.74, 6) is 1.54.